The molecule has 0 bridgehead atoms. The van der Waals surface area contributed by atoms with E-state index >= 15 is 0 Å². The Balaban J connectivity index is 0.000000307. The van der Waals surface area contributed by atoms with Crippen molar-refractivity contribution < 1.29 is 28.7 Å². The molecule has 0 aliphatic rings. The maximum absolute atomic E-state index is 12.0. The first-order chi connectivity index (χ1) is 21.4. The molecule has 4 aromatic rings. The predicted octanol–water partition coefficient (Wildman–Crippen LogP) is 5.02. The quantitative estimate of drug-likeness (QED) is 0.118. The highest BCUT2D eigenvalue weighted by Crippen LogP contribution is 2.03. The molecule has 2 atom stereocenters. The summed E-state index contributed by atoms with van der Waals surface area (Å²) in [7, 11) is 0. The molecule has 0 saturated heterocycles. The maximum Gasteiger partial charge on any atom is 0.408 e. The second-order valence-corrected chi connectivity index (χ2v) is 10.1. The second-order valence-electron chi connectivity index (χ2n) is 8.96. The first-order valence-electron chi connectivity index (χ1n) is 13.3. The highest BCUT2D eigenvalue weighted by Gasteiger charge is 2.21. The summed E-state index contributed by atoms with van der Waals surface area (Å²) in [5.74, 6) is -0.793. The third-order valence-corrected chi connectivity index (χ3v) is 6.83. The Morgan fingerprint density at radius 3 is 1.40 bits per heavy atom. The van der Waals surface area contributed by atoms with Crippen molar-refractivity contribution in [1.82, 2.24) is 20.0 Å². The zero-order valence-electron chi connectivity index (χ0n) is 23.5. The SMILES string of the molecule is C.O=C(N[C@@H](CCl)C(=O)Nn1cccc1)OCc1ccccc1.O=C(N[C@@H](CI)C(=O)Nn1cccc1)OCc1ccccc1. The number of ether oxygens (including phenoxy) is 2. The summed E-state index contributed by atoms with van der Waals surface area (Å²) in [6.07, 6.45) is 5.42. The molecule has 0 spiro atoms. The van der Waals surface area contributed by atoms with E-state index in [1.807, 2.05) is 83.3 Å². The van der Waals surface area contributed by atoms with Crippen molar-refractivity contribution in [3.63, 3.8) is 0 Å². The summed E-state index contributed by atoms with van der Waals surface area (Å²) >= 11 is 7.76. The Bertz CT molecular complexity index is 1320. The minimum atomic E-state index is -0.882. The minimum Gasteiger partial charge on any atom is -0.445 e. The summed E-state index contributed by atoms with van der Waals surface area (Å²) < 4.78 is 13.6. The summed E-state index contributed by atoms with van der Waals surface area (Å²) in [6, 6.07) is 24.2. The average molecular weight is 751 g/mol. The number of benzene rings is 2. The molecule has 4 N–H and O–H groups in total. The van der Waals surface area contributed by atoms with Gasteiger partial charge in [0, 0.05) is 29.2 Å². The number of halogens is 2. The number of rotatable bonds is 12. The molecule has 2 heterocycles. The number of hydrogen-bond acceptors (Lipinski definition) is 6. The van der Waals surface area contributed by atoms with Crippen molar-refractivity contribution in [2.75, 3.05) is 21.2 Å². The monoisotopic (exact) mass is 750 g/mol. The molecule has 4 rings (SSSR count). The Kier molecular flexibility index (Phi) is 16.7. The highest BCUT2D eigenvalue weighted by molar-refractivity contribution is 14.1. The van der Waals surface area contributed by atoms with Gasteiger partial charge < -0.3 is 20.1 Å². The van der Waals surface area contributed by atoms with Crippen molar-refractivity contribution in [3.8, 4) is 0 Å². The molecule has 2 aromatic heterocycles. The molecule has 0 aliphatic carbocycles. The fourth-order valence-corrected chi connectivity index (χ4v) is 4.23. The molecule has 2 aromatic carbocycles. The first kappa shape index (κ1) is 36.7. The van der Waals surface area contributed by atoms with Crippen LogP contribution in [-0.4, -0.2) is 55.7 Å². The molecule has 240 valence electrons. The summed E-state index contributed by atoms with van der Waals surface area (Å²) in [5.41, 5.74) is 6.98. The molecule has 0 radical (unpaired) electrons. The molecule has 4 amide bonds. The molecular formula is C31H36ClIN6O6. The van der Waals surface area contributed by atoms with E-state index < -0.39 is 30.2 Å². The van der Waals surface area contributed by atoms with E-state index in [1.165, 1.54) is 9.35 Å². The van der Waals surface area contributed by atoms with Crippen LogP contribution in [0.5, 0.6) is 0 Å². The molecule has 0 saturated carbocycles. The van der Waals surface area contributed by atoms with Crippen LogP contribution in [0.15, 0.2) is 110 Å². The van der Waals surface area contributed by atoms with E-state index in [2.05, 4.69) is 21.5 Å². The number of alkyl carbamates (subject to hydrolysis) is 2. The number of carbonyl (C=O) groups is 4. The molecule has 0 aliphatic heterocycles. The number of amides is 4. The van der Waals surface area contributed by atoms with E-state index in [0.717, 1.165) is 11.1 Å². The summed E-state index contributed by atoms with van der Waals surface area (Å²) in [6.45, 7) is 0.292. The molecule has 0 unspecified atom stereocenters. The standard InChI is InChI=1S/C15H16ClN3O3.C15H16IN3O3.CH4/c2*16-10-13(14(20)18-19-8-4-5-9-19)17-15(21)22-11-12-6-2-1-3-7-12;/h2*1-9,13H,10-11H2,(H,17,21)(H,18,20);1H4/t2*13-;/m00./s1. The molecule has 12 nitrogen and oxygen atoms in total. The van der Waals surface area contributed by atoms with E-state index in [-0.39, 0.29) is 32.4 Å². The lowest BCUT2D eigenvalue weighted by molar-refractivity contribution is -0.119. The average Bonchev–Trinajstić information content (AvgIpc) is 3.76. The van der Waals surface area contributed by atoms with Gasteiger partial charge in [-0.1, -0.05) is 90.7 Å². The Morgan fingerprint density at radius 2 is 1.02 bits per heavy atom. The summed E-state index contributed by atoms with van der Waals surface area (Å²) in [4.78, 5) is 47.5. The van der Waals surface area contributed by atoms with Crippen LogP contribution in [0.2, 0.25) is 0 Å². The number of aromatic nitrogens is 2. The van der Waals surface area contributed by atoms with Crippen LogP contribution in [0.1, 0.15) is 18.6 Å². The van der Waals surface area contributed by atoms with Gasteiger partial charge in [-0.05, 0) is 35.4 Å². The number of nitrogens with zero attached hydrogens (tertiary/aromatic N) is 2. The lowest BCUT2D eigenvalue weighted by Gasteiger charge is -2.16. The van der Waals surface area contributed by atoms with Gasteiger partial charge in [-0.15, -0.1) is 11.6 Å². The molecule has 0 fully saturated rings. The van der Waals surface area contributed by atoms with Crippen molar-refractivity contribution in [2.45, 2.75) is 32.7 Å². The first-order valence-corrected chi connectivity index (χ1v) is 15.4. The number of carbonyl (C=O) groups excluding carboxylic acids is 4. The van der Waals surface area contributed by atoms with Crippen LogP contribution in [-0.2, 0) is 32.3 Å². The molecule has 45 heavy (non-hydrogen) atoms. The fourth-order valence-electron chi connectivity index (χ4n) is 3.39. The smallest absolute Gasteiger partial charge is 0.408 e. The predicted molar refractivity (Wildman–Crippen MR) is 181 cm³/mol. The number of hydrogen-bond donors (Lipinski definition) is 4. The van der Waals surface area contributed by atoms with Gasteiger partial charge in [0.2, 0.25) is 0 Å². The van der Waals surface area contributed by atoms with Crippen molar-refractivity contribution in [1.29, 1.82) is 0 Å². The van der Waals surface area contributed by atoms with Crippen LogP contribution in [0.25, 0.3) is 0 Å². The van der Waals surface area contributed by atoms with Crippen molar-refractivity contribution >= 4 is 58.2 Å². The zero-order valence-corrected chi connectivity index (χ0v) is 26.4. The third-order valence-electron chi connectivity index (χ3n) is 5.64. The van der Waals surface area contributed by atoms with Crippen LogP contribution in [0, 0.1) is 0 Å². The largest absolute Gasteiger partial charge is 0.445 e. The van der Waals surface area contributed by atoms with Gasteiger partial charge in [0.1, 0.15) is 25.3 Å². The lowest BCUT2D eigenvalue weighted by atomic mass is 10.2. The molecule has 14 heteroatoms. The second kappa shape index (κ2) is 20.5. The molecular weight excluding hydrogens is 715 g/mol. The third kappa shape index (κ3) is 13.8. The van der Waals surface area contributed by atoms with Gasteiger partial charge in [-0.2, -0.15) is 0 Å². The number of nitrogens with one attached hydrogen (secondary N) is 4. The van der Waals surface area contributed by atoms with Crippen LogP contribution < -0.4 is 21.5 Å². The number of alkyl halides is 2. The Hall–Kier alpha value is -4.50. The fraction of sp³-hybridized carbons (Fsp3) is 0.226. The van der Waals surface area contributed by atoms with E-state index in [9.17, 15) is 19.2 Å². The highest BCUT2D eigenvalue weighted by atomic mass is 127. The van der Waals surface area contributed by atoms with Gasteiger partial charge >= 0.3 is 12.2 Å². The van der Waals surface area contributed by atoms with Crippen LogP contribution in [0.4, 0.5) is 9.59 Å². The van der Waals surface area contributed by atoms with E-state index in [0.29, 0.717) is 4.43 Å². The lowest BCUT2D eigenvalue weighted by Crippen LogP contribution is -2.46. The van der Waals surface area contributed by atoms with Gasteiger partial charge in [-0.3, -0.25) is 29.8 Å². The van der Waals surface area contributed by atoms with Gasteiger partial charge in [0.25, 0.3) is 11.8 Å². The van der Waals surface area contributed by atoms with Crippen LogP contribution in [0.3, 0.4) is 0 Å². The Morgan fingerprint density at radius 1 is 0.644 bits per heavy atom. The van der Waals surface area contributed by atoms with Gasteiger partial charge in [0.05, 0.1) is 5.88 Å². The van der Waals surface area contributed by atoms with Gasteiger partial charge in [0.15, 0.2) is 0 Å². The maximum atomic E-state index is 12.0. The summed E-state index contributed by atoms with van der Waals surface area (Å²) in [5, 5.41) is 4.99. The van der Waals surface area contributed by atoms with Crippen molar-refractivity contribution in [2.24, 2.45) is 0 Å². The zero-order chi connectivity index (χ0) is 31.6. The van der Waals surface area contributed by atoms with Gasteiger partial charge in [-0.25, -0.2) is 9.59 Å². The van der Waals surface area contributed by atoms with E-state index in [1.54, 1.807) is 49.1 Å². The Labute approximate surface area is 280 Å². The topological polar surface area (TPSA) is 145 Å². The van der Waals surface area contributed by atoms with Crippen molar-refractivity contribution in [3.05, 3.63) is 121 Å². The van der Waals surface area contributed by atoms with Crippen LogP contribution >= 0.6 is 34.2 Å². The van der Waals surface area contributed by atoms with E-state index in [4.69, 9.17) is 21.1 Å². The minimum absolute atomic E-state index is 0. The normalized spacial score (nSPS) is 11.2.